The minimum Gasteiger partial charge on any atom is -0.465 e. The van der Waals surface area contributed by atoms with Crippen LogP contribution in [-0.4, -0.2) is 25.2 Å². The molecule has 0 heterocycles. The first-order valence-corrected chi connectivity index (χ1v) is 8.66. The lowest BCUT2D eigenvalue weighted by atomic mass is 10.2. The van der Waals surface area contributed by atoms with Crippen LogP contribution in [0, 0.1) is 0 Å². The van der Waals surface area contributed by atoms with Gasteiger partial charge in [0.2, 0.25) is 0 Å². The summed E-state index contributed by atoms with van der Waals surface area (Å²) in [5, 5.41) is 0. The maximum atomic E-state index is 11.4. The van der Waals surface area contributed by atoms with Crippen molar-refractivity contribution in [3.05, 3.63) is 12.2 Å². The Morgan fingerprint density at radius 1 is 0.682 bits per heavy atom. The minimum absolute atomic E-state index is 0.220. The van der Waals surface area contributed by atoms with Crippen molar-refractivity contribution >= 4 is 11.9 Å². The third-order valence-corrected chi connectivity index (χ3v) is 3.26. The van der Waals surface area contributed by atoms with E-state index in [9.17, 15) is 9.59 Å². The molecule has 4 nitrogen and oxygen atoms in total. The van der Waals surface area contributed by atoms with Gasteiger partial charge in [0.15, 0.2) is 0 Å². The summed E-state index contributed by atoms with van der Waals surface area (Å²) in [4.78, 5) is 22.8. The zero-order valence-electron chi connectivity index (χ0n) is 14.3. The molecular weight excluding hydrogens is 280 g/mol. The fraction of sp³-hybridized carbons (Fsp3) is 0.778. The Bertz CT molecular complexity index is 280. The first-order valence-electron chi connectivity index (χ1n) is 8.66. The average molecular weight is 312 g/mol. The Hall–Kier alpha value is -1.32. The van der Waals surface area contributed by atoms with E-state index in [1.54, 1.807) is 12.2 Å². The van der Waals surface area contributed by atoms with Gasteiger partial charge in [0.1, 0.15) is 0 Å². The second-order valence-electron chi connectivity index (χ2n) is 5.44. The van der Waals surface area contributed by atoms with Gasteiger partial charge in [-0.1, -0.05) is 64.5 Å². The molecule has 0 aromatic rings. The molecule has 0 rings (SSSR count). The molecule has 4 heteroatoms. The largest absolute Gasteiger partial charge is 0.465 e. The number of carbonyl (C=O) groups excluding carboxylic acids is 2. The summed E-state index contributed by atoms with van der Waals surface area (Å²) in [5.74, 6) is -0.471. The molecule has 0 aromatic heterocycles. The van der Waals surface area contributed by atoms with Gasteiger partial charge in [-0.25, -0.2) is 0 Å². The quantitative estimate of drug-likeness (QED) is 0.268. The van der Waals surface area contributed by atoms with E-state index in [4.69, 9.17) is 9.47 Å². The van der Waals surface area contributed by atoms with E-state index in [1.807, 2.05) is 0 Å². The van der Waals surface area contributed by atoms with Gasteiger partial charge in [-0.2, -0.15) is 0 Å². The lowest BCUT2D eigenvalue weighted by Crippen LogP contribution is -2.05. The lowest BCUT2D eigenvalue weighted by molar-refractivity contribution is -0.144. The predicted octanol–water partition coefficient (Wildman–Crippen LogP) is 4.57. The van der Waals surface area contributed by atoms with Gasteiger partial charge in [0.25, 0.3) is 0 Å². The smallest absolute Gasteiger partial charge is 0.309 e. The maximum Gasteiger partial charge on any atom is 0.309 e. The summed E-state index contributed by atoms with van der Waals surface area (Å²) < 4.78 is 10.2. The number of hydrogen-bond donors (Lipinski definition) is 0. The van der Waals surface area contributed by atoms with Crippen LogP contribution in [0.1, 0.15) is 78.1 Å². The molecule has 128 valence electrons. The second-order valence-corrected chi connectivity index (χ2v) is 5.44. The van der Waals surface area contributed by atoms with Crippen LogP contribution >= 0.6 is 0 Å². The third kappa shape index (κ3) is 15.1. The molecule has 0 radical (unpaired) electrons. The van der Waals surface area contributed by atoms with Crippen molar-refractivity contribution in [1.82, 2.24) is 0 Å². The van der Waals surface area contributed by atoms with Crippen LogP contribution in [0.25, 0.3) is 0 Å². The highest BCUT2D eigenvalue weighted by Gasteiger charge is 2.01. The van der Waals surface area contributed by atoms with Crippen LogP contribution in [-0.2, 0) is 19.1 Å². The predicted molar refractivity (Wildman–Crippen MR) is 88.6 cm³/mol. The molecule has 0 amide bonds. The summed E-state index contributed by atoms with van der Waals surface area (Å²) >= 11 is 0. The summed E-state index contributed by atoms with van der Waals surface area (Å²) in [6.07, 6.45) is 12.5. The average Bonchev–Trinajstić information content (AvgIpc) is 2.51. The van der Waals surface area contributed by atoms with E-state index >= 15 is 0 Å². The van der Waals surface area contributed by atoms with Crippen molar-refractivity contribution in [2.75, 3.05) is 13.2 Å². The number of carbonyl (C=O) groups is 2. The van der Waals surface area contributed by atoms with E-state index in [0.29, 0.717) is 13.2 Å². The summed E-state index contributed by atoms with van der Waals surface area (Å²) in [5.41, 5.74) is 0. The zero-order chi connectivity index (χ0) is 16.5. The summed E-state index contributed by atoms with van der Waals surface area (Å²) in [6.45, 7) is 5.28. The standard InChI is InChI=1S/C18H32O4/c1-3-5-7-11-15-21-17(19)13-9-10-14-18(20)22-16-12-8-6-4-2/h9-10H,3-8,11-16H2,1-2H3. The topological polar surface area (TPSA) is 52.6 Å². The summed E-state index contributed by atoms with van der Waals surface area (Å²) in [6, 6.07) is 0. The van der Waals surface area contributed by atoms with Crippen LogP contribution in [0.2, 0.25) is 0 Å². The second kappa shape index (κ2) is 16.1. The van der Waals surface area contributed by atoms with Crippen LogP contribution in [0.4, 0.5) is 0 Å². The molecule has 0 unspecified atom stereocenters. The van der Waals surface area contributed by atoms with Gasteiger partial charge in [0.05, 0.1) is 26.1 Å². The Morgan fingerprint density at radius 3 is 1.45 bits per heavy atom. The van der Waals surface area contributed by atoms with E-state index in [0.717, 1.165) is 25.7 Å². The number of hydrogen-bond acceptors (Lipinski definition) is 4. The van der Waals surface area contributed by atoms with Crippen molar-refractivity contribution in [3.8, 4) is 0 Å². The van der Waals surface area contributed by atoms with E-state index in [1.165, 1.54) is 25.7 Å². The van der Waals surface area contributed by atoms with Crippen molar-refractivity contribution in [2.24, 2.45) is 0 Å². The van der Waals surface area contributed by atoms with Gasteiger partial charge >= 0.3 is 11.9 Å². The highest BCUT2D eigenvalue weighted by Crippen LogP contribution is 2.01. The highest BCUT2D eigenvalue weighted by atomic mass is 16.5. The number of rotatable bonds is 14. The van der Waals surface area contributed by atoms with E-state index < -0.39 is 0 Å². The summed E-state index contributed by atoms with van der Waals surface area (Å²) in [7, 11) is 0. The maximum absolute atomic E-state index is 11.4. The first-order chi connectivity index (χ1) is 10.7. The molecule has 0 spiro atoms. The number of esters is 2. The molecule has 0 atom stereocenters. The molecule has 0 saturated heterocycles. The molecule has 0 aliphatic heterocycles. The molecular formula is C18H32O4. The van der Waals surface area contributed by atoms with Gasteiger partial charge in [-0.05, 0) is 12.8 Å². The monoisotopic (exact) mass is 312 g/mol. The molecule has 22 heavy (non-hydrogen) atoms. The van der Waals surface area contributed by atoms with E-state index in [-0.39, 0.29) is 24.8 Å². The fourth-order valence-electron chi connectivity index (χ4n) is 1.91. The Labute approximate surface area is 135 Å². The van der Waals surface area contributed by atoms with Crippen LogP contribution < -0.4 is 0 Å². The highest BCUT2D eigenvalue weighted by molar-refractivity contribution is 5.73. The Balaban J connectivity index is 3.47. The van der Waals surface area contributed by atoms with Gasteiger partial charge < -0.3 is 9.47 Å². The molecule has 0 bridgehead atoms. The molecule has 0 aromatic carbocycles. The van der Waals surface area contributed by atoms with Crippen molar-refractivity contribution in [3.63, 3.8) is 0 Å². The van der Waals surface area contributed by atoms with Crippen molar-refractivity contribution < 1.29 is 19.1 Å². The zero-order valence-corrected chi connectivity index (χ0v) is 14.3. The third-order valence-electron chi connectivity index (χ3n) is 3.26. The minimum atomic E-state index is -0.235. The molecule has 0 aliphatic carbocycles. The SMILES string of the molecule is CCCCCCOC(=O)CC=CCC(=O)OCCCCCC. The lowest BCUT2D eigenvalue weighted by Gasteiger charge is -2.03. The number of ether oxygens (including phenoxy) is 2. The van der Waals surface area contributed by atoms with Crippen LogP contribution in [0.3, 0.4) is 0 Å². The fourth-order valence-corrected chi connectivity index (χ4v) is 1.91. The van der Waals surface area contributed by atoms with Crippen LogP contribution in [0.5, 0.6) is 0 Å². The van der Waals surface area contributed by atoms with Gasteiger partial charge in [-0.3, -0.25) is 9.59 Å². The molecule has 0 saturated carbocycles. The van der Waals surface area contributed by atoms with E-state index in [2.05, 4.69) is 13.8 Å². The van der Waals surface area contributed by atoms with Gasteiger partial charge in [-0.15, -0.1) is 0 Å². The molecule has 0 fully saturated rings. The first kappa shape index (κ1) is 20.7. The molecule has 0 aliphatic rings. The van der Waals surface area contributed by atoms with Crippen molar-refractivity contribution in [1.29, 1.82) is 0 Å². The molecule has 0 N–H and O–H groups in total. The van der Waals surface area contributed by atoms with Crippen molar-refractivity contribution in [2.45, 2.75) is 78.1 Å². The number of unbranched alkanes of at least 4 members (excludes halogenated alkanes) is 6. The Morgan fingerprint density at radius 2 is 1.09 bits per heavy atom. The van der Waals surface area contributed by atoms with Crippen LogP contribution in [0.15, 0.2) is 12.2 Å². The Kier molecular flexibility index (Phi) is 15.1. The van der Waals surface area contributed by atoms with Gasteiger partial charge in [0, 0.05) is 0 Å². The normalized spacial score (nSPS) is 10.8.